The Morgan fingerprint density at radius 2 is 1.87 bits per heavy atom. The molecule has 0 bridgehead atoms. The maximum atomic E-state index is 13.9. The quantitative estimate of drug-likeness (QED) is 0.588. The monoisotopic (exact) mass is 395 g/mol. The van der Waals surface area contributed by atoms with Crippen molar-refractivity contribution in [3.8, 4) is 22.8 Å². The number of pyridine rings is 1. The van der Waals surface area contributed by atoms with Crippen LogP contribution in [0.5, 0.6) is 11.5 Å². The predicted octanol–water partition coefficient (Wildman–Crippen LogP) is 5.47. The Hall–Kier alpha value is -1.85. The van der Waals surface area contributed by atoms with Gasteiger partial charge < -0.3 is 9.47 Å². The van der Waals surface area contributed by atoms with Crippen molar-refractivity contribution in [1.29, 1.82) is 0 Å². The number of fused-ring (bicyclic) bond motifs is 1. The van der Waals surface area contributed by atoms with E-state index in [0.29, 0.717) is 27.5 Å². The summed E-state index contributed by atoms with van der Waals surface area (Å²) in [5.41, 5.74) is 1.86. The molecule has 0 atom stereocenters. The Morgan fingerprint density at radius 1 is 1.09 bits per heavy atom. The lowest BCUT2D eigenvalue weighted by Gasteiger charge is -2.10. The van der Waals surface area contributed by atoms with E-state index < -0.39 is 5.82 Å². The second kappa shape index (κ2) is 6.34. The molecule has 2 aromatic carbocycles. The summed E-state index contributed by atoms with van der Waals surface area (Å²) in [6.07, 6.45) is 0. The molecule has 0 saturated heterocycles. The van der Waals surface area contributed by atoms with Crippen LogP contribution in [0.15, 0.2) is 40.9 Å². The number of aromatic nitrogens is 1. The lowest BCUT2D eigenvalue weighted by Crippen LogP contribution is -1.92. The van der Waals surface area contributed by atoms with Crippen LogP contribution in [0.2, 0.25) is 5.02 Å². The van der Waals surface area contributed by atoms with E-state index in [4.69, 9.17) is 21.1 Å². The molecule has 0 saturated carbocycles. The number of ether oxygens (including phenoxy) is 2. The number of halogens is 3. The highest BCUT2D eigenvalue weighted by atomic mass is 79.9. The highest BCUT2D eigenvalue weighted by Gasteiger charge is 2.12. The third kappa shape index (κ3) is 2.99. The zero-order valence-corrected chi connectivity index (χ0v) is 14.7. The van der Waals surface area contributed by atoms with Crippen LogP contribution in [-0.2, 0) is 0 Å². The number of hydrogen-bond acceptors (Lipinski definition) is 3. The van der Waals surface area contributed by atoms with Crippen LogP contribution in [0.25, 0.3) is 22.2 Å². The number of nitrogens with zero attached hydrogens (tertiary/aromatic N) is 1. The van der Waals surface area contributed by atoms with Gasteiger partial charge in [0.15, 0.2) is 11.6 Å². The molecule has 1 aromatic heterocycles. The normalized spacial score (nSPS) is 10.8. The third-order valence-electron chi connectivity index (χ3n) is 3.47. The van der Waals surface area contributed by atoms with Gasteiger partial charge in [0, 0.05) is 21.5 Å². The molecular formula is C17H12BrClFNO2. The highest BCUT2D eigenvalue weighted by molar-refractivity contribution is 9.10. The fourth-order valence-electron chi connectivity index (χ4n) is 2.31. The van der Waals surface area contributed by atoms with Gasteiger partial charge >= 0.3 is 0 Å². The molecule has 3 aromatic rings. The van der Waals surface area contributed by atoms with Crippen molar-refractivity contribution in [3.05, 3.63) is 51.7 Å². The Morgan fingerprint density at radius 3 is 2.52 bits per heavy atom. The lowest BCUT2D eigenvalue weighted by molar-refractivity contribution is 0.386. The van der Waals surface area contributed by atoms with Gasteiger partial charge in [0.05, 0.1) is 30.5 Å². The fourth-order valence-corrected chi connectivity index (χ4v) is 3.08. The van der Waals surface area contributed by atoms with E-state index >= 15 is 0 Å². The Balaban J connectivity index is 2.20. The summed E-state index contributed by atoms with van der Waals surface area (Å²) in [6.45, 7) is 0. The van der Waals surface area contributed by atoms with E-state index in [1.54, 1.807) is 25.3 Å². The van der Waals surface area contributed by atoms with Crippen LogP contribution in [0, 0.1) is 5.82 Å². The van der Waals surface area contributed by atoms with Gasteiger partial charge in [0.25, 0.3) is 0 Å². The minimum atomic E-state index is -0.441. The molecule has 6 heteroatoms. The minimum absolute atomic E-state index is 0.191. The van der Waals surface area contributed by atoms with Crippen LogP contribution in [0.3, 0.4) is 0 Å². The van der Waals surface area contributed by atoms with Gasteiger partial charge in [-0.3, -0.25) is 0 Å². The van der Waals surface area contributed by atoms with Crippen molar-refractivity contribution < 1.29 is 13.9 Å². The Kier molecular flexibility index (Phi) is 4.41. The van der Waals surface area contributed by atoms with E-state index in [9.17, 15) is 4.39 Å². The second-order valence-corrected chi connectivity index (χ2v) is 6.11. The third-order valence-corrected chi connectivity index (χ3v) is 4.42. The zero-order valence-electron chi connectivity index (χ0n) is 12.4. The first-order valence-corrected chi connectivity index (χ1v) is 7.88. The summed E-state index contributed by atoms with van der Waals surface area (Å²) in [5.74, 6) is 0.397. The van der Waals surface area contributed by atoms with Gasteiger partial charge in [-0.1, -0.05) is 27.5 Å². The number of methoxy groups -OCH3 is 2. The molecule has 1 heterocycles. The molecule has 0 unspecified atom stereocenters. The average molecular weight is 397 g/mol. The first kappa shape index (κ1) is 16.0. The zero-order chi connectivity index (χ0) is 16.6. The van der Waals surface area contributed by atoms with E-state index in [2.05, 4.69) is 20.9 Å². The molecule has 0 aliphatic rings. The molecule has 0 radical (unpaired) electrons. The van der Waals surface area contributed by atoms with Gasteiger partial charge in [-0.15, -0.1) is 0 Å². The predicted molar refractivity (Wildman–Crippen MR) is 93.0 cm³/mol. The van der Waals surface area contributed by atoms with Gasteiger partial charge in [-0.25, -0.2) is 9.37 Å². The van der Waals surface area contributed by atoms with Crippen molar-refractivity contribution in [2.45, 2.75) is 0 Å². The molecule has 23 heavy (non-hydrogen) atoms. The SMILES string of the molecule is COc1cc(Cl)c2nc(-c3ccc(OC)c(F)c3)cc(Br)c2c1. The topological polar surface area (TPSA) is 31.4 Å². The molecular weight excluding hydrogens is 385 g/mol. The van der Waals surface area contributed by atoms with E-state index in [1.165, 1.54) is 13.2 Å². The standard InChI is InChI=1S/C17H12BrClFNO2/c1-22-10-6-11-12(18)8-15(21-17(11)13(19)7-10)9-3-4-16(23-2)14(20)5-9/h3-8H,1-2H3. The molecule has 0 fully saturated rings. The molecule has 0 aliphatic carbocycles. The van der Waals surface area contributed by atoms with Crippen LogP contribution >= 0.6 is 27.5 Å². The van der Waals surface area contributed by atoms with Crippen LogP contribution < -0.4 is 9.47 Å². The molecule has 0 aliphatic heterocycles. The summed E-state index contributed by atoms with van der Waals surface area (Å²) < 4.78 is 24.9. The van der Waals surface area contributed by atoms with E-state index in [-0.39, 0.29) is 5.75 Å². The molecule has 0 amide bonds. The molecule has 3 nitrogen and oxygen atoms in total. The summed E-state index contributed by atoms with van der Waals surface area (Å²) >= 11 is 9.81. The Labute approximate surface area is 146 Å². The minimum Gasteiger partial charge on any atom is -0.497 e. The van der Waals surface area contributed by atoms with Crippen LogP contribution in [0.4, 0.5) is 4.39 Å². The van der Waals surface area contributed by atoms with Crippen molar-refractivity contribution in [1.82, 2.24) is 4.98 Å². The lowest BCUT2D eigenvalue weighted by atomic mass is 10.1. The molecule has 118 valence electrons. The largest absolute Gasteiger partial charge is 0.497 e. The van der Waals surface area contributed by atoms with Gasteiger partial charge in [0.2, 0.25) is 0 Å². The number of hydrogen-bond donors (Lipinski definition) is 0. The summed E-state index contributed by atoms with van der Waals surface area (Å²) in [4.78, 5) is 4.55. The van der Waals surface area contributed by atoms with Crippen LogP contribution in [-0.4, -0.2) is 19.2 Å². The van der Waals surface area contributed by atoms with E-state index in [1.807, 2.05) is 12.1 Å². The van der Waals surface area contributed by atoms with Crippen LogP contribution in [0.1, 0.15) is 0 Å². The second-order valence-electron chi connectivity index (χ2n) is 4.84. The maximum absolute atomic E-state index is 13.9. The van der Waals surface area contributed by atoms with Gasteiger partial charge in [0.1, 0.15) is 5.75 Å². The fraction of sp³-hybridized carbons (Fsp3) is 0.118. The smallest absolute Gasteiger partial charge is 0.165 e. The van der Waals surface area contributed by atoms with E-state index in [0.717, 1.165) is 9.86 Å². The summed E-state index contributed by atoms with van der Waals surface area (Å²) in [6, 6.07) is 10.1. The van der Waals surface area contributed by atoms with Crippen molar-refractivity contribution >= 4 is 38.4 Å². The molecule has 0 spiro atoms. The van der Waals surface area contributed by atoms with Crippen molar-refractivity contribution in [2.24, 2.45) is 0 Å². The van der Waals surface area contributed by atoms with Crippen molar-refractivity contribution in [3.63, 3.8) is 0 Å². The molecule has 3 rings (SSSR count). The highest BCUT2D eigenvalue weighted by Crippen LogP contribution is 2.35. The summed E-state index contributed by atoms with van der Waals surface area (Å²) in [7, 11) is 3.00. The number of benzene rings is 2. The van der Waals surface area contributed by atoms with Gasteiger partial charge in [-0.05, 0) is 30.3 Å². The van der Waals surface area contributed by atoms with Crippen molar-refractivity contribution in [2.75, 3.05) is 14.2 Å². The number of rotatable bonds is 3. The Bertz CT molecular complexity index is 901. The first-order chi connectivity index (χ1) is 11.0. The maximum Gasteiger partial charge on any atom is 0.165 e. The van der Waals surface area contributed by atoms with Gasteiger partial charge in [-0.2, -0.15) is 0 Å². The average Bonchev–Trinajstić information content (AvgIpc) is 2.55. The summed E-state index contributed by atoms with van der Waals surface area (Å²) in [5, 5.41) is 1.29. The molecule has 0 N–H and O–H groups in total. The first-order valence-electron chi connectivity index (χ1n) is 6.71.